The molecule has 0 unspecified atom stereocenters. The van der Waals surface area contributed by atoms with Gasteiger partial charge < -0.3 is 0 Å². The van der Waals surface area contributed by atoms with Gasteiger partial charge in [-0.3, -0.25) is 0 Å². The molecule has 0 saturated carbocycles. The molecule has 1 heterocycles. The molecule has 0 spiro atoms. The summed E-state index contributed by atoms with van der Waals surface area (Å²) in [5, 5.41) is 0. The number of aromatic nitrogens is 1. The molecule has 0 radical (unpaired) electrons. The third-order valence-electron chi connectivity index (χ3n) is 1.68. The van der Waals surface area contributed by atoms with Crippen LogP contribution in [0.15, 0.2) is 28.6 Å². The third-order valence-corrected chi connectivity index (χ3v) is 6.25. The molecule has 1 aromatic heterocycles. The maximum absolute atomic E-state index is 11.5. The van der Waals surface area contributed by atoms with Gasteiger partial charge in [-0.15, -0.1) is 11.3 Å². The Morgan fingerprint density at radius 1 is 1.36 bits per heavy atom. The zero-order valence-corrected chi connectivity index (χ0v) is 10.2. The molecule has 0 bridgehead atoms. The zero-order chi connectivity index (χ0) is 10.2. The first-order chi connectivity index (χ1) is 6.63. The highest BCUT2D eigenvalue weighted by Crippen LogP contribution is 2.26. The molecule has 0 fully saturated rings. The van der Waals surface area contributed by atoms with Gasteiger partial charge in [0.25, 0.3) is 0 Å². The Balaban J connectivity index is 2.67. The van der Waals surface area contributed by atoms with E-state index in [1.165, 1.54) is 11.3 Å². The van der Waals surface area contributed by atoms with E-state index >= 15 is 0 Å². The highest BCUT2D eigenvalue weighted by molar-refractivity contribution is 9.10. The Hall–Kier alpha value is -0.460. The van der Waals surface area contributed by atoms with E-state index in [1.54, 1.807) is 6.07 Å². The summed E-state index contributed by atoms with van der Waals surface area (Å²) in [6, 6.07) is 7.37. The number of sulfone groups is 1. The fourth-order valence-electron chi connectivity index (χ4n) is 1.03. The monoisotopic (exact) mass is 291 g/mol. The molecule has 0 atom stereocenters. The fraction of sp³-hybridized carbons (Fsp3) is 0.125. The summed E-state index contributed by atoms with van der Waals surface area (Å²) in [5.41, 5.74) is 0.733. The number of fused-ring (bicyclic) bond motifs is 1. The van der Waals surface area contributed by atoms with E-state index in [0.29, 0.717) is 0 Å². The van der Waals surface area contributed by atoms with Gasteiger partial charge in [-0.2, -0.15) is 0 Å². The number of rotatable bonds is 2. The molecule has 0 amide bonds. The first-order valence-corrected chi connectivity index (χ1v) is 7.37. The molecule has 0 aliphatic rings. The predicted octanol–water partition coefficient (Wildman–Crippen LogP) is 2.42. The number of hydrogen-bond acceptors (Lipinski definition) is 4. The van der Waals surface area contributed by atoms with Crippen molar-refractivity contribution in [3.05, 3.63) is 24.3 Å². The molecule has 3 nitrogen and oxygen atoms in total. The minimum Gasteiger partial charge on any atom is -0.225 e. The summed E-state index contributed by atoms with van der Waals surface area (Å²) in [5.74, 6) is 0. The number of para-hydroxylation sites is 1. The SMILES string of the molecule is O=S(=O)(CBr)c1nc2ccccc2s1. The van der Waals surface area contributed by atoms with E-state index in [9.17, 15) is 8.42 Å². The van der Waals surface area contributed by atoms with Crippen molar-refractivity contribution in [2.75, 3.05) is 4.66 Å². The summed E-state index contributed by atoms with van der Waals surface area (Å²) in [4.78, 5) is 4.06. The lowest BCUT2D eigenvalue weighted by Crippen LogP contribution is -2.00. The van der Waals surface area contributed by atoms with Crippen molar-refractivity contribution < 1.29 is 8.42 Å². The summed E-state index contributed by atoms with van der Waals surface area (Å²) < 4.78 is 23.9. The molecule has 6 heteroatoms. The Morgan fingerprint density at radius 2 is 2.07 bits per heavy atom. The maximum atomic E-state index is 11.5. The predicted molar refractivity (Wildman–Crippen MR) is 60.6 cm³/mol. The Kier molecular flexibility index (Phi) is 2.59. The van der Waals surface area contributed by atoms with Gasteiger partial charge in [0.15, 0.2) is 0 Å². The second-order valence-corrected chi connectivity index (χ2v) is 7.17. The van der Waals surface area contributed by atoms with Crippen LogP contribution in [-0.2, 0) is 9.84 Å². The minimum atomic E-state index is -3.24. The number of benzene rings is 1. The Bertz CT molecular complexity index is 528. The molecular weight excluding hydrogens is 286 g/mol. The standard InChI is InChI=1S/C8H6BrNO2S2/c9-5-14(11,12)8-10-6-3-1-2-4-7(6)13-8/h1-4H,5H2. The number of halogens is 1. The zero-order valence-electron chi connectivity index (χ0n) is 6.97. The molecule has 0 N–H and O–H groups in total. The quantitative estimate of drug-likeness (QED) is 0.799. The van der Waals surface area contributed by atoms with Gasteiger partial charge in [-0.25, -0.2) is 13.4 Å². The van der Waals surface area contributed by atoms with E-state index in [1.807, 2.05) is 18.2 Å². The number of nitrogens with zero attached hydrogens (tertiary/aromatic N) is 1. The second-order valence-electron chi connectivity index (χ2n) is 2.67. The minimum absolute atomic E-state index is 0.0835. The van der Waals surface area contributed by atoms with Crippen LogP contribution >= 0.6 is 27.3 Å². The fourth-order valence-corrected chi connectivity index (χ4v) is 4.12. The Morgan fingerprint density at radius 3 is 2.71 bits per heavy atom. The van der Waals surface area contributed by atoms with Gasteiger partial charge in [0, 0.05) is 0 Å². The molecular formula is C8H6BrNO2S2. The van der Waals surface area contributed by atoms with Crippen molar-refractivity contribution in [2.45, 2.75) is 4.34 Å². The maximum Gasteiger partial charge on any atom is 0.215 e. The second kappa shape index (κ2) is 3.60. The molecule has 0 saturated heterocycles. The summed E-state index contributed by atoms with van der Waals surface area (Å²) >= 11 is 4.14. The van der Waals surface area contributed by atoms with Gasteiger partial charge in [-0.05, 0) is 12.1 Å². The lowest BCUT2D eigenvalue weighted by Gasteiger charge is -1.90. The van der Waals surface area contributed by atoms with Crippen LogP contribution in [0.5, 0.6) is 0 Å². The van der Waals surface area contributed by atoms with Crippen molar-refractivity contribution in [2.24, 2.45) is 0 Å². The molecule has 1 aromatic carbocycles. The number of hydrogen-bond donors (Lipinski definition) is 0. The number of alkyl halides is 1. The number of thiazole rings is 1. The van der Waals surface area contributed by atoms with E-state index in [0.717, 1.165) is 10.2 Å². The molecule has 14 heavy (non-hydrogen) atoms. The van der Waals surface area contributed by atoms with Gasteiger partial charge in [-0.1, -0.05) is 28.1 Å². The lowest BCUT2D eigenvalue weighted by atomic mass is 10.3. The van der Waals surface area contributed by atoms with Crippen LogP contribution in [0.3, 0.4) is 0 Å². The van der Waals surface area contributed by atoms with Gasteiger partial charge in [0.1, 0.15) is 4.66 Å². The van der Waals surface area contributed by atoms with E-state index in [2.05, 4.69) is 20.9 Å². The van der Waals surface area contributed by atoms with E-state index in [-0.39, 0.29) is 9.00 Å². The largest absolute Gasteiger partial charge is 0.225 e. The van der Waals surface area contributed by atoms with Crippen molar-refractivity contribution in [1.82, 2.24) is 4.98 Å². The molecule has 0 aliphatic carbocycles. The highest BCUT2D eigenvalue weighted by Gasteiger charge is 2.17. The molecule has 2 rings (SSSR count). The molecule has 74 valence electrons. The molecule has 2 aromatic rings. The van der Waals surface area contributed by atoms with Crippen molar-refractivity contribution in [1.29, 1.82) is 0 Å². The van der Waals surface area contributed by atoms with Crippen LogP contribution in [-0.4, -0.2) is 18.1 Å². The van der Waals surface area contributed by atoms with Gasteiger partial charge in [0.2, 0.25) is 14.2 Å². The van der Waals surface area contributed by atoms with E-state index < -0.39 is 9.84 Å². The van der Waals surface area contributed by atoms with Gasteiger partial charge in [0.05, 0.1) is 10.2 Å². The summed E-state index contributed by atoms with van der Waals surface area (Å²) in [7, 11) is -3.24. The van der Waals surface area contributed by atoms with Crippen LogP contribution in [0.2, 0.25) is 0 Å². The highest BCUT2D eigenvalue weighted by atomic mass is 79.9. The molecule has 0 aliphatic heterocycles. The average Bonchev–Trinajstić information content (AvgIpc) is 2.61. The summed E-state index contributed by atoms with van der Waals surface area (Å²) in [6.07, 6.45) is 0. The van der Waals surface area contributed by atoms with E-state index in [4.69, 9.17) is 0 Å². The Labute approximate surface area is 93.8 Å². The van der Waals surface area contributed by atoms with Crippen LogP contribution in [0.4, 0.5) is 0 Å². The van der Waals surface area contributed by atoms with Crippen LogP contribution in [0, 0.1) is 0 Å². The van der Waals surface area contributed by atoms with Crippen LogP contribution < -0.4 is 0 Å². The van der Waals surface area contributed by atoms with Gasteiger partial charge >= 0.3 is 0 Å². The van der Waals surface area contributed by atoms with Crippen LogP contribution in [0.1, 0.15) is 0 Å². The third kappa shape index (κ3) is 1.69. The first-order valence-electron chi connectivity index (χ1n) is 3.78. The normalized spacial score (nSPS) is 12.1. The first kappa shape index (κ1) is 10.1. The lowest BCUT2D eigenvalue weighted by molar-refractivity contribution is 0.600. The smallest absolute Gasteiger partial charge is 0.215 e. The van der Waals surface area contributed by atoms with Crippen molar-refractivity contribution >= 4 is 47.3 Å². The van der Waals surface area contributed by atoms with Crippen molar-refractivity contribution in [3.63, 3.8) is 0 Å². The summed E-state index contributed by atoms with van der Waals surface area (Å²) in [6.45, 7) is 0. The van der Waals surface area contributed by atoms with Crippen molar-refractivity contribution in [3.8, 4) is 0 Å². The average molecular weight is 292 g/mol. The topological polar surface area (TPSA) is 47.0 Å². The van der Waals surface area contributed by atoms with Crippen LogP contribution in [0.25, 0.3) is 10.2 Å².